The molecule has 0 saturated carbocycles. The number of rotatable bonds is 8. The van der Waals surface area contributed by atoms with Gasteiger partial charge in [0, 0.05) is 3.57 Å². The van der Waals surface area contributed by atoms with Gasteiger partial charge in [-0.2, -0.15) is 4.91 Å². The lowest BCUT2D eigenvalue weighted by atomic mass is 10.1. The Morgan fingerprint density at radius 3 is 2.74 bits per heavy atom. The standard InChI is InChI=1S/C17H16F2IN3O4/c1-9-2-4-12(17(25)23-27-8-11(24)7-21-26)16(15(9)19)22-14-5-3-10(20)6-13(14)18/h2-6,11,22,24H,7-8H2,1H3,(H,23,25)/t11-/m1/s1. The Hall–Kier alpha value is -2.18. The Bertz CT molecular complexity index is 851. The zero-order chi connectivity index (χ0) is 20.0. The highest BCUT2D eigenvalue weighted by molar-refractivity contribution is 14.1. The number of hydrogen-bond donors (Lipinski definition) is 3. The van der Waals surface area contributed by atoms with E-state index in [9.17, 15) is 23.6 Å². The van der Waals surface area contributed by atoms with Gasteiger partial charge in [0.25, 0.3) is 5.91 Å². The van der Waals surface area contributed by atoms with Crippen LogP contribution in [-0.2, 0) is 4.84 Å². The van der Waals surface area contributed by atoms with Gasteiger partial charge < -0.3 is 10.4 Å². The predicted octanol–water partition coefficient (Wildman–Crippen LogP) is 3.41. The van der Waals surface area contributed by atoms with E-state index in [0.29, 0.717) is 3.57 Å². The summed E-state index contributed by atoms with van der Waals surface area (Å²) < 4.78 is 29.3. The molecule has 0 aliphatic rings. The van der Waals surface area contributed by atoms with Crippen LogP contribution < -0.4 is 10.8 Å². The summed E-state index contributed by atoms with van der Waals surface area (Å²) in [6, 6.07) is 7.07. The van der Waals surface area contributed by atoms with Crippen LogP contribution in [0.5, 0.6) is 0 Å². The van der Waals surface area contributed by atoms with Gasteiger partial charge in [-0.05, 0) is 59.3 Å². The van der Waals surface area contributed by atoms with Crippen LogP contribution in [0.15, 0.2) is 35.5 Å². The molecule has 10 heteroatoms. The molecule has 27 heavy (non-hydrogen) atoms. The number of carbonyl (C=O) groups excluding carboxylic acids is 1. The van der Waals surface area contributed by atoms with Crippen molar-refractivity contribution in [2.75, 3.05) is 18.5 Å². The summed E-state index contributed by atoms with van der Waals surface area (Å²) in [6.45, 7) is 0.736. The molecule has 2 aromatic carbocycles. The lowest BCUT2D eigenvalue weighted by Crippen LogP contribution is -2.30. The SMILES string of the molecule is Cc1ccc(C(=O)NOC[C@H](O)CN=O)c(Nc2ccc(I)cc2F)c1F. The molecular weight excluding hydrogens is 475 g/mol. The largest absolute Gasteiger partial charge is 0.389 e. The molecule has 0 heterocycles. The second-order valence-corrected chi connectivity index (χ2v) is 6.82. The fourth-order valence-corrected chi connectivity index (χ4v) is 2.57. The van der Waals surface area contributed by atoms with E-state index in [0.717, 1.165) is 0 Å². The molecule has 2 aromatic rings. The molecule has 0 aliphatic heterocycles. The number of benzene rings is 2. The topological polar surface area (TPSA) is 100 Å². The third-order valence-electron chi connectivity index (χ3n) is 3.50. The van der Waals surface area contributed by atoms with E-state index < -0.39 is 30.2 Å². The number of nitrogens with one attached hydrogen (secondary N) is 2. The summed E-state index contributed by atoms with van der Waals surface area (Å²) in [5.74, 6) is -2.13. The lowest BCUT2D eigenvalue weighted by molar-refractivity contribution is -0.00951. The van der Waals surface area contributed by atoms with Crippen LogP contribution >= 0.6 is 22.6 Å². The zero-order valence-corrected chi connectivity index (χ0v) is 16.3. The molecule has 0 bridgehead atoms. The summed E-state index contributed by atoms with van der Waals surface area (Å²) in [5.41, 5.74) is 1.96. The van der Waals surface area contributed by atoms with Gasteiger partial charge in [-0.25, -0.2) is 14.3 Å². The molecule has 1 amide bonds. The number of nitroso groups, excluding NO2 is 1. The fraction of sp³-hybridized carbons (Fsp3) is 0.235. The molecule has 0 radical (unpaired) electrons. The first-order chi connectivity index (χ1) is 12.8. The number of aryl methyl sites for hydroxylation is 1. The average Bonchev–Trinajstić information content (AvgIpc) is 2.61. The van der Waals surface area contributed by atoms with E-state index in [1.165, 1.54) is 31.2 Å². The van der Waals surface area contributed by atoms with Gasteiger partial charge in [-0.15, -0.1) is 0 Å². The van der Waals surface area contributed by atoms with E-state index in [2.05, 4.69) is 10.5 Å². The molecule has 7 nitrogen and oxygen atoms in total. The van der Waals surface area contributed by atoms with Gasteiger partial charge in [0.15, 0.2) is 0 Å². The number of hydroxylamine groups is 1. The maximum Gasteiger partial charge on any atom is 0.277 e. The molecule has 0 spiro atoms. The minimum Gasteiger partial charge on any atom is -0.389 e. The van der Waals surface area contributed by atoms with Crippen molar-refractivity contribution in [3.8, 4) is 0 Å². The van der Waals surface area contributed by atoms with Crippen LogP contribution in [0.3, 0.4) is 0 Å². The predicted molar refractivity (Wildman–Crippen MR) is 104 cm³/mol. The van der Waals surface area contributed by atoms with Crippen LogP contribution in [-0.4, -0.2) is 30.3 Å². The Kier molecular flexibility index (Phi) is 7.56. The molecule has 0 fully saturated rings. The van der Waals surface area contributed by atoms with Crippen molar-refractivity contribution < 1.29 is 23.5 Å². The fourth-order valence-electron chi connectivity index (χ4n) is 2.11. The second-order valence-electron chi connectivity index (χ2n) is 5.58. The monoisotopic (exact) mass is 491 g/mol. The van der Waals surface area contributed by atoms with Crippen LogP contribution in [0.2, 0.25) is 0 Å². The molecule has 0 unspecified atom stereocenters. The van der Waals surface area contributed by atoms with Crippen LogP contribution in [0, 0.1) is 27.0 Å². The maximum absolute atomic E-state index is 14.6. The first-order valence-corrected chi connectivity index (χ1v) is 8.81. The summed E-state index contributed by atoms with van der Waals surface area (Å²) in [4.78, 5) is 27.1. The highest BCUT2D eigenvalue weighted by atomic mass is 127. The Morgan fingerprint density at radius 2 is 2.07 bits per heavy atom. The number of halogens is 3. The Labute approximate surface area is 167 Å². The molecule has 0 saturated heterocycles. The number of carbonyl (C=O) groups is 1. The number of aliphatic hydroxyl groups is 1. The van der Waals surface area contributed by atoms with Crippen molar-refractivity contribution in [1.29, 1.82) is 0 Å². The third kappa shape index (κ3) is 5.65. The van der Waals surface area contributed by atoms with E-state index in [4.69, 9.17) is 4.84 Å². The number of nitrogens with zero attached hydrogens (tertiary/aromatic N) is 1. The summed E-state index contributed by atoms with van der Waals surface area (Å²) in [5, 5.41) is 14.4. The van der Waals surface area contributed by atoms with E-state index in [1.807, 2.05) is 28.1 Å². The minimum absolute atomic E-state index is 0.00219. The molecule has 0 aliphatic carbocycles. The summed E-state index contributed by atoms with van der Waals surface area (Å²) in [7, 11) is 0. The molecule has 0 aromatic heterocycles. The van der Waals surface area contributed by atoms with Gasteiger partial charge in [-0.3, -0.25) is 9.63 Å². The lowest BCUT2D eigenvalue weighted by Gasteiger charge is -2.15. The van der Waals surface area contributed by atoms with Crippen molar-refractivity contribution in [2.24, 2.45) is 5.18 Å². The Morgan fingerprint density at radius 1 is 1.33 bits per heavy atom. The first kappa shape index (κ1) is 21.1. The molecule has 2 rings (SSSR count). The first-order valence-electron chi connectivity index (χ1n) is 7.74. The molecular formula is C17H16F2IN3O4. The van der Waals surface area contributed by atoms with Crippen LogP contribution in [0.4, 0.5) is 20.2 Å². The van der Waals surface area contributed by atoms with Gasteiger partial charge in [0.1, 0.15) is 30.9 Å². The van der Waals surface area contributed by atoms with E-state index in [1.54, 1.807) is 6.07 Å². The molecule has 144 valence electrons. The summed E-state index contributed by atoms with van der Waals surface area (Å²) in [6.07, 6.45) is -1.18. The Balaban J connectivity index is 2.22. The number of amides is 1. The van der Waals surface area contributed by atoms with Crippen molar-refractivity contribution in [3.63, 3.8) is 0 Å². The normalized spacial score (nSPS) is 11.7. The molecule has 1 atom stereocenters. The smallest absolute Gasteiger partial charge is 0.277 e. The highest BCUT2D eigenvalue weighted by Gasteiger charge is 2.19. The quantitative estimate of drug-likeness (QED) is 0.299. The second kappa shape index (κ2) is 9.67. The van der Waals surface area contributed by atoms with Crippen molar-refractivity contribution in [3.05, 3.63) is 61.6 Å². The van der Waals surface area contributed by atoms with Gasteiger partial charge in [0.2, 0.25) is 0 Å². The zero-order valence-electron chi connectivity index (χ0n) is 14.1. The molecule has 3 N–H and O–H groups in total. The maximum atomic E-state index is 14.6. The van der Waals surface area contributed by atoms with E-state index >= 15 is 0 Å². The van der Waals surface area contributed by atoms with Gasteiger partial charge in [-0.1, -0.05) is 11.2 Å². The van der Waals surface area contributed by atoms with Crippen molar-refractivity contribution >= 4 is 39.9 Å². The summed E-state index contributed by atoms with van der Waals surface area (Å²) >= 11 is 1.94. The van der Waals surface area contributed by atoms with Crippen molar-refractivity contribution in [1.82, 2.24) is 5.48 Å². The average molecular weight is 491 g/mol. The van der Waals surface area contributed by atoms with E-state index in [-0.39, 0.29) is 29.1 Å². The minimum atomic E-state index is -1.18. The van der Waals surface area contributed by atoms with Crippen LogP contribution in [0.25, 0.3) is 0 Å². The van der Waals surface area contributed by atoms with Gasteiger partial charge in [0.05, 0.1) is 16.9 Å². The van der Waals surface area contributed by atoms with Crippen molar-refractivity contribution in [2.45, 2.75) is 13.0 Å². The van der Waals surface area contributed by atoms with Crippen LogP contribution in [0.1, 0.15) is 15.9 Å². The third-order valence-corrected chi connectivity index (χ3v) is 4.17. The number of hydrogen-bond acceptors (Lipinski definition) is 6. The highest BCUT2D eigenvalue weighted by Crippen LogP contribution is 2.28. The number of anilines is 2. The van der Waals surface area contributed by atoms with Gasteiger partial charge >= 0.3 is 0 Å². The number of aliphatic hydroxyl groups excluding tert-OH is 1.